The highest BCUT2D eigenvalue weighted by Crippen LogP contribution is 2.34. The molecule has 0 saturated carbocycles. The van der Waals surface area contributed by atoms with E-state index in [-0.39, 0.29) is 16.5 Å². The number of alkyl halides is 3. The number of benzene rings is 2. The van der Waals surface area contributed by atoms with Crippen molar-refractivity contribution in [1.29, 1.82) is 0 Å². The highest BCUT2D eigenvalue weighted by atomic mass is 35.5. The number of anilines is 1. The summed E-state index contributed by atoms with van der Waals surface area (Å²) in [5.41, 5.74) is -1.03. The van der Waals surface area contributed by atoms with Gasteiger partial charge >= 0.3 is 6.18 Å². The molecule has 3 aromatic rings. The molecule has 0 saturated heterocycles. The largest absolute Gasteiger partial charge is 0.481 e. The molecule has 2 aromatic carbocycles. The Balaban J connectivity index is 1.63. The van der Waals surface area contributed by atoms with Crippen LogP contribution >= 0.6 is 35.0 Å². The summed E-state index contributed by atoms with van der Waals surface area (Å²) in [4.78, 5) is 12.3. The number of para-hydroxylation sites is 1. The van der Waals surface area contributed by atoms with Crippen molar-refractivity contribution >= 4 is 46.6 Å². The third-order valence-electron chi connectivity index (χ3n) is 4.27. The van der Waals surface area contributed by atoms with E-state index in [1.54, 1.807) is 42.8 Å². The summed E-state index contributed by atoms with van der Waals surface area (Å²) in [7, 11) is 1.71. The molecular weight excluding hydrogens is 488 g/mol. The Kier molecular flexibility index (Phi) is 7.58. The lowest BCUT2D eigenvalue weighted by atomic mass is 10.2. The number of rotatable bonds is 7. The summed E-state index contributed by atoms with van der Waals surface area (Å²) in [5, 5.41) is 11.4. The zero-order chi connectivity index (χ0) is 23.5. The van der Waals surface area contributed by atoms with Crippen molar-refractivity contribution in [3.63, 3.8) is 0 Å². The third kappa shape index (κ3) is 5.87. The fourth-order valence-corrected chi connectivity index (χ4v) is 3.77. The van der Waals surface area contributed by atoms with Gasteiger partial charge in [-0.1, -0.05) is 47.1 Å². The van der Waals surface area contributed by atoms with Crippen LogP contribution < -0.4 is 10.1 Å². The number of nitrogens with zero attached hydrogens (tertiary/aromatic N) is 3. The molecule has 6 nitrogen and oxygen atoms in total. The molecule has 1 unspecified atom stereocenters. The maximum absolute atomic E-state index is 12.9. The van der Waals surface area contributed by atoms with Gasteiger partial charge in [-0.15, -0.1) is 10.2 Å². The molecule has 0 fully saturated rings. The zero-order valence-electron chi connectivity index (χ0n) is 16.8. The number of carbonyl (C=O) groups is 1. The van der Waals surface area contributed by atoms with E-state index in [2.05, 4.69) is 15.5 Å². The number of hydrogen-bond donors (Lipinski definition) is 1. The van der Waals surface area contributed by atoms with Gasteiger partial charge in [-0.25, -0.2) is 0 Å². The average molecular weight is 505 g/mol. The average Bonchev–Trinajstić information content (AvgIpc) is 3.09. The van der Waals surface area contributed by atoms with Crippen LogP contribution in [0.3, 0.4) is 0 Å². The van der Waals surface area contributed by atoms with Gasteiger partial charge in [0.15, 0.2) is 17.1 Å². The van der Waals surface area contributed by atoms with Gasteiger partial charge in [0.25, 0.3) is 0 Å². The molecule has 0 radical (unpaired) electrons. The van der Waals surface area contributed by atoms with Gasteiger partial charge in [0.1, 0.15) is 5.75 Å². The fourth-order valence-electron chi connectivity index (χ4n) is 2.70. The summed E-state index contributed by atoms with van der Waals surface area (Å²) in [6, 6.07) is 9.74. The van der Waals surface area contributed by atoms with Gasteiger partial charge in [0.2, 0.25) is 5.91 Å². The Labute approximate surface area is 196 Å². The summed E-state index contributed by atoms with van der Waals surface area (Å²) in [5.74, 6) is 0.351. The molecule has 0 bridgehead atoms. The number of thioether (sulfide) groups is 1. The molecule has 0 spiro atoms. The lowest BCUT2D eigenvalue weighted by molar-refractivity contribution is -0.137. The Hall–Kier alpha value is -2.43. The molecule has 1 N–H and O–H groups in total. The van der Waals surface area contributed by atoms with Crippen molar-refractivity contribution in [1.82, 2.24) is 14.8 Å². The van der Waals surface area contributed by atoms with Gasteiger partial charge in [0.05, 0.1) is 27.0 Å². The molecule has 3 rings (SSSR count). The molecule has 1 heterocycles. The van der Waals surface area contributed by atoms with Crippen LogP contribution in [0.4, 0.5) is 18.9 Å². The van der Waals surface area contributed by atoms with Crippen molar-refractivity contribution in [2.75, 3.05) is 11.1 Å². The molecule has 12 heteroatoms. The number of nitrogens with one attached hydrogen (secondary N) is 1. The van der Waals surface area contributed by atoms with Crippen LogP contribution in [-0.4, -0.2) is 26.4 Å². The van der Waals surface area contributed by atoms with Crippen molar-refractivity contribution in [3.8, 4) is 5.75 Å². The number of amides is 1. The van der Waals surface area contributed by atoms with E-state index >= 15 is 0 Å². The van der Waals surface area contributed by atoms with Gasteiger partial charge in [-0.3, -0.25) is 4.79 Å². The van der Waals surface area contributed by atoms with Crippen molar-refractivity contribution in [3.05, 3.63) is 63.9 Å². The quantitative estimate of drug-likeness (QED) is 0.399. The smallest absolute Gasteiger partial charge is 0.416 e. The molecule has 0 aliphatic carbocycles. The summed E-state index contributed by atoms with van der Waals surface area (Å²) < 4.78 is 46.1. The van der Waals surface area contributed by atoms with E-state index in [1.807, 2.05) is 0 Å². The van der Waals surface area contributed by atoms with Gasteiger partial charge in [-0.2, -0.15) is 13.2 Å². The topological polar surface area (TPSA) is 69.0 Å². The van der Waals surface area contributed by atoms with Crippen molar-refractivity contribution in [2.24, 2.45) is 7.05 Å². The number of hydrogen-bond acceptors (Lipinski definition) is 5. The second kappa shape index (κ2) is 10.0. The van der Waals surface area contributed by atoms with Crippen LogP contribution in [0.25, 0.3) is 0 Å². The standard InChI is InChI=1S/C20H17Cl2F3N4O2S/c1-11(31-16-6-4-3-5-14(16)22)18-27-28-19(29(18)2)32-10-17(30)26-15-9-12(20(23,24)25)7-8-13(15)21/h3-9,11H,10H2,1-2H3,(H,26,30). The molecule has 32 heavy (non-hydrogen) atoms. The van der Waals surface area contributed by atoms with Crippen LogP contribution in [0.1, 0.15) is 24.4 Å². The predicted molar refractivity (Wildman–Crippen MR) is 117 cm³/mol. The monoisotopic (exact) mass is 504 g/mol. The normalized spacial score (nSPS) is 12.5. The molecule has 0 aliphatic heterocycles. The first-order valence-corrected chi connectivity index (χ1v) is 10.9. The Bertz CT molecular complexity index is 1120. The first-order chi connectivity index (χ1) is 15.1. The molecule has 170 valence electrons. The summed E-state index contributed by atoms with van der Waals surface area (Å²) in [6.45, 7) is 1.78. The SMILES string of the molecule is CC(Oc1ccccc1Cl)c1nnc(SCC(=O)Nc2cc(C(F)(F)F)ccc2Cl)n1C. The fraction of sp³-hybridized carbons (Fsp3) is 0.250. The maximum atomic E-state index is 12.9. The predicted octanol–water partition coefficient (Wildman–Crippen LogP) is 6.01. The number of ether oxygens (including phenoxy) is 1. The minimum absolute atomic E-state index is 0.00263. The van der Waals surface area contributed by atoms with E-state index in [9.17, 15) is 18.0 Å². The molecule has 1 atom stereocenters. The Morgan fingerprint density at radius 3 is 2.59 bits per heavy atom. The minimum Gasteiger partial charge on any atom is -0.481 e. The second-order valence-electron chi connectivity index (χ2n) is 6.62. The third-order valence-corrected chi connectivity index (χ3v) is 5.93. The van der Waals surface area contributed by atoms with E-state index in [0.717, 1.165) is 30.0 Å². The second-order valence-corrected chi connectivity index (χ2v) is 8.38. The molecule has 0 aliphatic rings. The number of halogens is 5. The summed E-state index contributed by atoms with van der Waals surface area (Å²) in [6.07, 6.45) is -5.02. The van der Waals surface area contributed by atoms with E-state index < -0.39 is 23.8 Å². The number of aromatic nitrogens is 3. The molecule has 1 aromatic heterocycles. The lowest BCUT2D eigenvalue weighted by Gasteiger charge is -2.15. The highest BCUT2D eigenvalue weighted by Gasteiger charge is 2.31. The van der Waals surface area contributed by atoms with Crippen molar-refractivity contribution < 1.29 is 22.7 Å². The van der Waals surface area contributed by atoms with Crippen molar-refractivity contribution in [2.45, 2.75) is 24.4 Å². The van der Waals surface area contributed by atoms with Crippen LogP contribution in [0.2, 0.25) is 10.0 Å². The number of carbonyl (C=O) groups excluding carboxylic acids is 1. The minimum atomic E-state index is -4.55. The maximum Gasteiger partial charge on any atom is 0.416 e. The molecular formula is C20H17Cl2F3N4O2S. The van der Waals surface area contributed by atoms with Crippen LogP contribution in [-0.2, 0) is 18.0 Å². The van der Waals surface area contributed by atoms with Gasteiger partial charge < -0.3 is 14.6 Å². The Morgan fingerprint density at radius 1 is 1.19 bits per heavy atom. The first-order valence-electron chi connectivity index (χ1n) is 9.16. The zero-order valence-corrected chi connectivity index (χ0v) is 19.1. The first kappa shape index (κ1) is 24.2. The van der Waals surface area contributed by atoms with E-state index in [1.165, 1.54) is 0 Å². The Morgan fingerprint density at radius 2 is 1.91 bits per heavy atom. The van der Waals surface area contributed by atoms with E-state index in [4.69, 9.17) is 27.9 Å². The van der Waals surface area contributed by atoms with Crippen LogP contribution in [0.15, 0.2) is 47.6 Å². The highest BCUT2D eigenvalue weighted by molar-refractivity contribution is 7.99. The van der Waals surface area contributed by atoms with Gasteiger partial charge in [0, 0.05) is 7.05 Å². The summed E-state index contributed by atoms with van der Waals surface area (Å²) >= 11 is 13.1. The molecule has 1 amide bonds. The van der Waals surface area contributed by atoms with E-state index in [0.29, 0.717) is 21.8 Å². The lowest BCUT2D eigenvalue weighted by Crippen LogP contribution is -2.16. The van der Waals surface area contributed by atoms with Crippen LogP contribution in [0, 0.1) is 0 Å². The van der Waals surface area contributed by atoms with Gasteiger partial charge in [-0.05, 0) is 37.3 Å². The van der Waals surface area contributed by atoms with Crippen LogP contribution in [0.5, 0.6) is 5.75 Å².